The van der Waals surface area contributed by atoms with E-state index in [4.69, 9.17) is 0 Å². The predicted molar refractivity (Wildman–Crippen MR) is 232 cm³/mol. The summed E-state index contributed by atoms with van der Waals surface area (Å²) < 4.78 is 78.2. The summed E-state index contributed by atoms with van der Waals surface area (Å²) >= 11 is 0. The summed E-state index contributed by atoms with van der Waals surface area (Å²) in [6.45, 7) is 3.36. The molecule has 2 amide bonds. The van der Waals surface area contributed by atoms with Crippen molar-refractivity contribution in [1.29, 1.82) is 0 Å². The van der Waals surface area contributed by atoms with E-state index in [2.05, 4.69) is 51.0 Å². The quantitative estimate of drug-likeness (QED) is 0.109. The maximum Gasteiger partial charge on any atom is 0.416 e. The molecule has 0 atom stereocenters. The number of rotatable bonds is 11. The molecule has 12 nitrogen and oxygen atoms in total. The van der Waals surface area contributed by atoms with Crippen LogP contribution in [0.1, 0.15) is 101 Å². The average molecular weight is 897 g/mol. The number of nitrogens with one attached hydrogen (secondary N) is 4. The largest absolute Gasteiger partial charge is 0.416 e. The van der Waals surface area contributed by atoms with Crippen LogP contribution in [0.15, 0.2) is 49.1 Å². The lowest BCUT2D eigenvalue weighted by molar-refractivity contribution is -0.138. The first-order valence-electron chi connectivity index (χ1n) is 23.0. The molecule has 5 aliphatic rings. The van der Waals surface area contributed by atoms with Crippen LogP contribution >= 0.6 is 0 Å². The molecule has 0 spiro atoms. The lowest BCUT2D eigenvalue weighted by atomic mass is 9.72. The third-order valence-electron chi connectivity index (χ3n) is 14.0. The molecule has 346 valence electrons. The van der Waals surface area contributed by atoms with E-state index in [9.17, 15) is 35.9 Å². The molecular formula is C46H58F6N10O2. The number of fused-ring (bicyclic) bond motifs is 2. The van der Waals surface area contributed by atoms with Crippen molar-refractivity contribution < 1.29 is 35.9 Å². The van der Waals surface area contributed by atoms with Crippen LogP contribution in [-0.2, 0) is 21.9 Å². The van der Waals surface area contributed by atoms with Crippen LogP contribution in [0.4, 0.5) is 38.0 Å². The smallest absolute Gasteiger partial charge is 0.360 e. The van der Waals surface area contributed by atoms with E-state index in [-0.39, 0.29) is 59.4 Å². The maximum absolute atomic E-state index is 13.1. The van der Waals surface area contributed by atoms with Crippen molar-refractivity contribution in [2.75, 3.05) is 49.9 Å². The van der Waals surface area contributed by atoms with Crippen molar-refractivity contribution in [1.82, 2.24) is 40.4 Å². The number of hydrogen-bond donors (Lipinski definition) is 4. The first kappa shape index (κ1) is 45.7. The highest BCUT2D eigenvalue weighted by molar-refractivity contribution is 5.92. The number of nitrogens with zero attached hydrogens (tertiary/aromatic N) is 6. The molecular weight excluding hydrogens is 839 g/mol. The van der Waals surface area contributed by atoms with Gasteiger partial charge in [0, 0.05) is 49.0 Å². The lowest BCUT2D eigenvalue weighted by Gasteiger charge is -2.47. The molecule has 3 aliphatic carbocycles. The van der Waals surface area contributed by atoms with E-state index < -0.39 is 23.5 Å². The summed E-state index contributed by atoms with van der Waals surface area (Å²) in [5, 5.41) is 12.2. The highest BCUT2D eigenvalue weighted by atomic mass is 19.4. The molecule has 4 aromatic rings. The average Bonchev–Trinajstić information content (AvgIpc) is 3.27. The van der Waals surface area contributed by atoms with Crippen molar-refractivity contribution in [3.63, 3.8) is 0 Å². The van der Waals surface area contributed by atoms with Gasteiger partial charge >= 0.3 is 12.4 Å². The number of benzene rings is 2. The Labute approximate surface area is 369 Å². The number of amides is 2. The van der Waals surface area contributed by atoms with E-state index in [1.165, 1.54) is 115 Å². The summed E-state index contributed by atoms with van der Waals surface area (Å²) in [6.07, 6.45) is 12.3. The van der Waals surface area contributed by atoms with Gasteiger partial charge in [0.05, 0.1) is 47.3 Å². The van der Waals surface area contributed by atoms with Gasteiger partial charge in [0.25, 0.3) is 0 Å². The topological polar surface area (TPSA) is 140 Å². The minimum absolute atomic E-state index is 0.0502. The number of alkyl halides is 6. The van der Waals surface area contributed by atoms with E-state index in [0.717, 1.165) is 62.3 Å². The Bertz CT molecular complexity index is 2210. The Morgan fingerprint density at radius 3 is 1.38 bits per heavy atom. The molecule has 4 N–H and O–H groups in total. The van der Waals surface area contributed by atoms with Crippen LogP contribution in [0.3, 0.4) is 0 Å². The monoisotopic (exact) mass is 896 g/mol. The number of carbonyl (C=O) groups is 2. The Morgan fingerprint density at radius 2 is 0.938 bits per heavy atom. The second-order valence-corrected chi connectivity index (χ2v) is 18.3. The molecule has 0 radical (unpaired) electrons. The van der Waals surface area contributed by atoms with Gasteiger partial charge in [0.1, 0.15) is 24.3 Å². The number of likely N-dealkylation sites (tertiary alicyclic amines) is 2. The van der Waals surface area contributed by atoms with Crippen LogP contribution < -0.4 is 21.3 Å². The molecule has 0 bridgehead atoms. The Morgan fingerprint density at radius 1 is 0.531 bits per heavy atom. The fourth-order valence-corrected chi connectivity index (χ4v) is 10.4. The summed E-state index contributed by atoms with van der Waals surface area (Å²) in [5.41, 5.74) is -0.763. The number of aromatic nitrogens is 4. The van der Waals surface area contributed by atoms with Gasteiger partial charge in [-0.3, -0.25) is 19.4 Å². The van der Waals surface area contributed by atoms with Crippen LogP contribution in [0.5, 0.6) is 0 Å². The highest BCUT2D eigenvalue weighted by Gasteiger charge is 2.38. The second kappa shape index (κ2) is 20.1. The molecule has 0 unspecified atom stereocenters. The van der Waals surface area contributed by atoms with Gasteiger partial charge in [-0.1, -0.05) is 51.4 Å². The van der Waals surface area contributed by atoms with Crippen LogP contribution in [0, 0.1) is 11.8 Å². The standard InChI is InChI=1S/C26H34F3N5O.C20H24F3N5O/c27-26(28,29)19-8-11-23-22(12-19)25(32-16-31-23)30-13-24(35)33-20-14-34(15-20)21-9-6-18(7-10-21)17-4-2-1-3-5-17;21-20(22,23)13-6-7-17-16(8-13)19(26-12-25-17)24-9-18(29)27-14-10-28(11-14)15-4-2-1-3-5-15/h8,11-12,16-18,20-21H,1-7,9-10,13-15H2,(H,33,35)(H,30,31,32);6-8,12,14-15H,1-5,9-11H2,(H,27,29)(H,24,25,26)/t18-,21-;. The molecule has 2 aromatic heterocycles. The number of anilines is 2. The first-order valence-corrected chi connectivity index (χ1v) is 23.0. The third kappa shape index (κ3) is 11.5. The maximum atomic E-state index is 13.1. The summed E-state index contributed by atoms with van der Waals surface area (Å²) in [7, 11) is 0. The predicted octanol–water partition coefficient (Wildman–Crippen LogP) is 8.19. The van der Waals surface area contributed by atoms with Gasteiger partial charge in [0.15, 0.2) is 0 Å². The third-order valence-corrected chi connectivity index (χ3v) is 14.0. The summed E-state index contributed by atoms with van der Waals surface area (Å²) in [5.74, 6) is 1.92. The van der Waals surface area contributed by atoms with E-state index in [1.54, 1.807) is 0 Å². The van der Waals surface area contributed by atoms with Gasteiger partial charge in [-0.15, -0.1) is 0 Å². The van der Waals surface area contributed by atoms with Gasteiger partial charge in [0.2, 0.25) is 11.8 Å². The van der Waals surface area contributed by atoms with Crippen molar-refractivity contribution in [2.24, 2.45) is 11.8 Å². The molecule has 4 heterocycles. The Balaban J connectivity index is 0.000000178. The molecule has 9 rings (SSSR count). The first-order chi connectivity index (χ1) is 30.8. The molecule has 3 saturated carbocycles. The van der Waals surface area contributed by atoms with E-state index in [0.29, 0.717) is 23.1 Å². The summed E-state index contributed by atoms with van der Waals surface area (Å²) in [6, 6.07) is 8.16. The van der Waals surface area contributed by atoms with Gasteiger partial charge in [-0.2, -0.15) is 26.3 Å². The van der Waals surface area contributed by atoms with Crippen LogP contribution in [-0.4, -0.2) is 105 Å². The molecule has 2 aromatic carbocycles. The van der Waals surface area contributed by atoms with Crippen molar-refractivity contribution in [2.45, 2.75) is 126 Å². The summed E-state index contributed by atoms with van der Waals surface area (Å²) in [4.78, 5) is 45.7. The van der Waals surface area contributed by atoms with Gasteiger partial charge < -0.3 is 21.3 Å². The number of hydrogen-bond acceptors (Lipinski definition) is 10. The van der Waals surface area contributed by atoms with Gasteiger partial charge in [-0.05, 0) is 86.8 Å². The zero-order valence-electron chi connectivity index (χ0n) is 36.0. The number of halogens is 6. The minimum atomic E-state index is -4.45. The normalized spacial score (nSPS) is 22.2. The SMILES string of the molecule is O=C(CNc1ncnc2ccc(C(F)(F)F)cc12)NC1CN(C2CCCCC2)C1.O=C(CNc1ncnc2ccc(C(F)(F)F)cc12)NC1CN([C@H]2CC[C@H](C3CCCCC3)CC2)C1. The van der Waals surface area contributed by atoms with E-state index in [1.807, 2.05) is 0 Å². The molecule has 18 heteroatoms. The Hall–Kier alpha value is -4.84. The fourth-order valence-electron chi connectivity index (χ4n) is 10.4. The zero-order chi connectivity index (χ0) is 44.8. The zero-order valence-corrected chi connectivity index (χ0v) is 36.0. The van der Waals surface area contributed by atoms with Crippen LogP contribution in [0.25, 0.3) is 21.8 Å². The molecule has 64 heavy (non-hydrogen) atoms. The Kier molecular flexibility index (Phi) is 14.4. The number of carbonyl (C=O) groups excluding carboxylic acids is 2. The van der Waals surface area contributed by atoms with Crippen LogP contribution in [0.2, 0.25) is 0 Å². The minimum Gasteiger partial charge on any atom is -0.360 e. The molecule has 2 aliphatic heterocycles. The van der Waals surface area contributed by atoms with Crippen molar-refractivity contribution in [3.05, 3.63) is 60.2 Å². The molecule has 2 saturated heterocycles. The molecule has 5 fully saturated rings. The lowest BCUT2D eigenvalue weighted by Crippen LogP contribution is -2.63. The van der Waals surface area contributed by atoms with Gasteiger partial charge in [-0.25, -0.2) is 19.9 Å². The fraction of sp³-hybridized carbons (Fsp3) is 0.609. The van der Waals surface area contributed by atoms with Crippen molar-refractivity contribution in [3.8, 4) is 0 Å². The highest BCUT2D eigenvalue weighted by Crippen LogP contribution is 2.40. The second-order valence-electron chi connectivity index (χ2n) is 18.3. The van der Waals surface area contributed by atoms with Crippen molar-refractivity contribution >= 4 is 45.3 Å². The van der Waals surface area contributed by atoms with E-state index >= 15 is 0 Å².